The van der Waals surface area contributed by atoms with Crippen LogP contribution in [0, 0.1) is 0 Å². The summed E-state index contributed by atoms with van der Waals surface area (Å²) in [5, 5.41) is 0. The maximum atomic E-state index is 5.64. The second-order valence-corrected chi connectivity index (χ2v) is 5.34. The lowest BCUT2D eigenvalue weighted by Crippen LogP contribution is -2.04. The molecule has 1 aliphatic heterocycles. The van der Waals surface area contributed by atoms with Crippen LogP contribution in [0.5, 0.6) is 0 Å². The molecule has 0 bridgehead atoms. The van der Waals surface area contributed by atoms with Crippen LogP contribution in [0.2, 0.25) is 0 Å². The van der Waals surface area contributed by atoms with Crippen molar-refractivity contribution in [3.63, 3.8) is 0 Å². The molecule has 0 N–H and O–H groups in total. The Hall–Kier alpha value is -0.340. The van der Waals surface area contributed by atoms with E-state index in [2.05, 4.69) is 54.0 Å². The summed E-state index contributed by atoms with van der Waals surface area (Å²) in [6.45, 7) is 4.46. The van der Waals surface area contributed by atoms with Crippen LogP contribution in [-0.4, -0.2) is 12.2 Å². The number of benzene rings is 1. The second-order valence-electron chi connectivity index (χ2n) is 4.48. The van der Waals surface area contributed by atoms with Gasteiger partial charge in [-0.15, -0.1) is 0 Å². The molecule has 1 heterocycles. The fourth-order valence-electron chi connectivity index (χ4n) is 2.35. The lowest BCUT2D eigenvalue weighted by atomic mass is 9.91. The van der Waals surface area contributed by atoms with E-state index in [0.29, 0.717) is 18.1 Å². The van der Waals surface area contributed by atoms with Crippen molar-refractivity contribution in [3.8, 4) is 0 Å². The average Bonchev–Trinajstić information content (AvgIpc) is 3.05. The molecule has 1 nitrogen and oxygen atoms in total. The highest BCUT2D eigenvalue weighted by Gasteiger charge is 2.38. The Bertz CT molecular complexity index is 350. The highest BCUT2D eigenvalue weighted by molar-refractivity contribution is 9.10. The summed E-state index contributed by atoms with van der Waals surface area (Å²) in [6, 6.07) is 8.54. The lowest BCUT2D eigenvalue weighted by molar-refractivity contribution is 0.348. The van der Waals surface area contributed by atoms with E-state index >= 15 is 0 Å². The standard InChI is InChI=1S/C14H19BrO/c1-3-10(9-14-13(4-2)16-14)11-7-5-6-8-12(11)15/h5-8,10,13-14H,3-4,9H2,1-2H3. The van der Waals surface area contributed by atoms with Crippen molar-refractivity contribution >= 4 is 15.9 Å². The summed E-state index contributed by atoms with van der Waals surface area (Å²) >= 11 is 3.64. The molecule has 1 aliphatic rings. The first kappa shape index (κ1) is 12.1. The fourth-order valence-corrected chi connectivity index (χ4v) is 2.95. The molecule has 0 spiro atoms. The van der Waals surface area contributed by atoms with Crippen molar-refractivity contribution in [2.45, 2.75) is 51.2 Å². The fraction of sp³-hybridized carbons (Fsp3) is 0.571. The van der Waals surface area contributed by atoms with Gasteiger partial charge in [-0.1, -0.05) is 48.0 Å². The quantitative estimate of drug-likeness (QED) is 0.724. The third kappa shape index (κ3) is 2.67. The van der Waals surface area contributed by atoms with Gasteiger partial charge < -0.3 is 4.74 Å². The largest absolute Gasteiger partial charge is 0.370 e. The Labute approximate surface area is 106 Å². The summed E-state index contributed by atoms with van der Waals surface area (Å²) in [4.78, 5) is 0. The Balaban J connectivity index is 2.03. The van der Waals surface area contributed by atoms with Crippen molar-refractivity contribution < 1.29 is 4.74 Å². The molecule has 1 fully saturated rings. The number of rotatable bonds is 5. The SMILES string of the molecule is CCC(CC1OC1CC)c1ccccc1Br. The van der Waals surface area contributed by atoms with Crippen LogP contribution in [0.1, 0.15) is 44.6 Å². The van der Waals surface area contributed by atoms with Crippen LogP contribution < -0.4 is 0 Å². The summed E-state index contributed by atoms with van der Waals surface area (Å²) in [5.74, 6) is 0.622. The monoisotopic (exact) mass is 282 g/mol. The molecular formula is C14H19BrO. The van der Waals surface area contributed by atoms with Crippen molar-refractivity contribution in [2.75, 3.05) is 0 Å². The van der Waals surface area contributed by atoms with Gasteiger partial charge in [0, 0.05) is 4.47 Å². The molecule has 0 saturated carbocycles. The van der Waals surface area contributed by atoms with E-state index in [1.54, 1.807) is 0 Å². The smallest absolute Gasteiger partial charge is 0.0847 e. The third-order valence-corrected chi connectivity index (χ3v) is 4.17. The first-order chi connectivity index (χ1) is 7.76. The molecule has 16 heavy (non-hydrogen) atoms. The first-order valence-electron chi connectivity index (χ1n) is 6.16. The molecule has 1 aromatic carbocycles. The molecule has 3 unspecified atom stereocenters. The van der Waals surface area contributed by atoms with Crippen molar-refractivity contribution in [3.05, 3.63) is 34.3 Å². The predicted molar refractivity (Wildman–Crippen MR) is 70.7 cm³/mol. The first-order valence-corrected chi connectivity index (χ1v) is 6.95. The summed E-state index contributed by atoms with van der Waals surface area (Å²) in [7, 11) is 0. The maximum Gasteiger partial charge on any atom is 0.0847 e. The van der Waals surface area contributed by atoms with Crippen molar-refractivity contribution in [1.29, 1.82) is 0 Å². The van der Waals surface area contributed by atoms with E-state index in [-0.39, 0.29) is 0 Å². The Morgan fingerprint density at radius 2 is 2.00 bits per heavy atom. The number of epoxide rings is 1. The molecule has 2 heteroatoms. The molecule has 0 radical (unpaired) electrons. The zero-order chi connectivity index (χ0) is 11.5. The summed E-state index contributed by atoms with van der Waals surface area (Å²) < 4.78 is 6.88. The van der Waals surface area contributed by atoms with Crippen LogP contribution in [-0.2, 0) is 4.74 Å². The van der Waals surface area contributed by atoms with Gasteiger partial charge in [-0.25, -0.2) is 0 Å². The predicted octanol–water partition coefficient (Wildman–Crippen LogP) is 4.51. The highest BCUT2D eigenvalue weighted by atomic mass is 79.9. The van der Waals surface area contributed by atoms with E-state index in [1.165, 1.54) is 16.5 Å². The molecule has 0 amide bonds. The van der Waals surface area contributed by atoms with Gasteiger partial charge in [-0.3, -0.25) is 0 Å². The molecule has 1 aromatic rings. The van der Waals surface area contributed by atoms with E-state index < -0.39 is 0 Å². The Kier molecular flexibility index (Phi) is 4.04. The van der Waals surface area contributed by atoms with Gasteiger partial charge in [0.15, 0.2) is 0 Å². The number of ether oxygens (including phenoxy) is 1. The minimum absolute atomic E-state index is 0.502. The van der Waals surface area contributed by atoms with Gasteiger partial charge in [-0.05, 0) is 36.8 Å². The van der Waals surface area contributed by atoms with E-state index in [0.717, 1.165) is 12.8 Å². The topological polar surface area (TPSA) is 12.5 Å². The van der Waals surface area contributed by atoms with Gasteiger partial charge in [0.1, 0.15) is 0 Å². The highest BCUT2D eigenvalue weighted by Crippen LogP contribution is 2.38. The molecule has 2 rings (SSSR count). The minimum atomic E-state index is 0.502. The van der Waals surface area contributed by atoms with Gasteiger partial charge in [0.25, 0.3) is 0 Å². The normalized spacial score (nSPS) is 25.4. The van der Waals surface area contributed by atoms with Crippen LogP contribution in [0.3, 0.4) is 0 Å². The van der Waals surface area contributed by atoms with Crippen LogP contribution in [0.25, 0.3) is 0 Å². The summed E-state index contributed by atoms with van der Waals surface area (Å²) in [6.07, 6.45) is 4.52. The van der Waals surface area contributed by atoms with Crippen LogP contribution in [0.4, 0.5) is 0 Å². The lowest BCUT2D eigenvalue weighted by Gasteiger charge is -2.15. The molecule has 0 aliphatic carbocycles. The average molecular weight is 283 g/mol. The molecule has 88 valence electrons. The molecule has 0 aromatic heterocycles. The number of hydrogen-bond donors (Lipinski definition) is 0. The third-order valence-electron chi connectivity index (χ3n) is 3.44. The minimum Gasteiger partial charge on any atom is -0.370 e. The Morgan fingerprint density at radius 3 is 2.56 bits per heavy atom. The maximum absolute atomic E-state index is 5.64. The van der Waals surface area contributed by atoms with Gasteiger partial charge >= 0.3 is 0 Å². The van der Waals surface area contributed by atoms with E-state index in [4.69, 9.17) is 4.74 Å². The van der Waals surface area contributed by atoms with E-state index in [9.17, 15) is 0 Å². The van der Waals surface area contributed by atoms with Gasteiger partial charge in [-0.2, -0.15) is 0 Å². The molecule has 1 saturated heterocycles. The molecule has 3 atom stereocenters. The van der Waals surface area contributed by atoms with Gasteiger partial charge in [0.05, 0.1) is 12.2 Å². The van der Waals surface area contributed by atoms with Crippen LogP contribution >= 0.6 is 15.9 Å². The van der Waals surface area contributed by atoms with E-state index in [1.807, 2.05) is 0 Å². The Morgan fingerprint density at radius 1 is 1.25 bits per heavy atom. The second kappa shape index (κ2) is 5.33. The van der Waals surface area contributed by atoms with Gasteiger partial charge in [0.2, 0.25) is 0 Å². The van der Waals surface area contributed by atoms with Crippen LogP contribution in [0.15, 0.2) is 28.7 Å². The number of halogens is 1. The van der Waals surface area contributed by atoms with Crippen molar-refractivity contribution in [1.82, 2.24) is 0 Å². The van der Waals surface area contributed by atoms with Crippen molar-refractivity contribution in [2.24, 2.45) is 0 Å². The zero-order valence-corrected chi connectivity index (χ0v) is 11.5. The summed E-state index contributed by atoms with van der Waals surface area (Å²) in [5.41, 5.74) is 1.43. The molecular weight excluding hydrogens is 264 g/mol. The number of hydrogen-bond acceptors (Lipinski definition) is 1. The zero-order valence-electron chi connectivity index (χ0n) is 9.95.